The number of amides is 2. The molecule has 0 saturated carbocycles. The molecule has 0 radical (unpaired) electrons. The summed E-state index contributed by atoms with van der Waals surface area (Å²) in [6, 6.07) is 7.10. The number of aryl methyl sites for hydroxylation is 2. The number of hydrogen-bond acceptors (Lipinski definition) is 5. The molecule has 138 valence electrons. The summed E-state index contributed by atoms with van der Waals surface area (Å²) in [5, 5.41) is 3.15. The largest absolute Gasteiger partial charge is 0.488 e. The molecule has 1 fully saturated rings. The van der Waals surface area contributed by atoms with E-state index in [1.54, 1.807) is 23.2 Å². The number of hydrogen-bond donors (Lipinski definition) is 1. The van der Waals surface area contributed by atoms with Gasteiger partial charge < -0.3 is 14.4 Å². The zero-order valence-corrected chi connectivity index (χ0v) is 15.5. The van der Waals surface area contributed by atoms with Gasteiger partial charge in [-0.3, -0.25) is 5.32 Å². The van der Waals surface area contributed by atoms with Gasteiger partial charge in [0.2, 0.25) is 0 Å². The van der Waals surface area contributed by atoms with Crippen LogP contribution in [0.2, 0.25) is 5.15 Å². The molecule has 1 unspecified atom stereocenters. The molecule has 2 aromatic heterocycles. The van der Waals surface area contributed by atoms with Crippen molar-refractivity contribution in [2.45, 2.75) is 20.0 Å². The zero-order valence-electron chi connectivity index (χ0n) is 14.7. The molecule has 0 aliphatic carbocycles. The van der Waals surface area contributed by atoms with E-state index in [2.05, 4.69) is 15.3 Å². The lowest BCUT2D eigenvalue weighted by Crippen LogP contribution is -2.49. The van der Waals surface area contributed by atoms with Crippen molar-refractivity contribution in [2.75, 3.05) is 31.6 Å². The number of urea groups is 1. The van der Waals surface area contributed by atoms with Gasteiger partial charge in [-0.15, -0.1) is 0 Å². The van der Waals surface area contributed by atoms with Crippen LogP contribution in [0, 0.1) is 13.8 Å². The molecule has 1 saturated heterocycles. The Hall–Kier alpha value is -2.38. The van der Waals surface area contributed by atoms with Crippen molar-refractivity contribution in [3.05, 3.63) is 46.9 Å². The third-order valence-corrected chi connectivity index (χ3v) is 4.19. The van der Waals surface area contributed by atoms with E-state index in [0.29, 0.717) is 36.4 Å². The Kier molecular flexibility index (Phi) is 5.90. The maximum Gasteiger partial charge on any atom is 0.323 e. The molecule has 26 heavy (non-hydrogen) atoms. The number of morpholine rings is 1. The number of carbonyl (C=O) groups is 1. The second-order valence-electron chi connectivity index (χ2n) is 6.14. The fraction of sp³-hybridized carbons (Fsp3) is 0.389. The van der Waals surface area contributed by atoms with Crippen molar-refractivity contribution >= 4 is 23.4 Å². The second kappa shape index (κ2) is 8.33. The van der Waals surface area contributed by atoms with Crippen molar-refractivity contribution in [1.82, 2.24) is 14.9 Å². The molecule has 3 heterocycles. The SMILES string of the molecule is Cc1cc(C)nc(NC(=O)N2CCOC(COc3cccnc3Cl)C2)c1. The Morgan fingerprint density at radius 3 is 3.08 bits per heavy atom. The van der Waals surface area contributed by atoms with Gasteiger partial charge >= 0.3 is 6.03 Å². The van der Waals surface area contributed by atoms with Gasteiger partial charge in [0.05, 0.1) is 13.2 Å². The number of ether oxygens (including phenoxy) is 2. The van der Waals surface area contributed by atoms with Crippen LogP contribution in [-0.2, 0) is 4.74 Å². The van der Waals surface area contributed by atoms with E-state index in [1.807, 2.05) is 26.0 Å². The lowest BCUT2D eigenvalue weighted by atomic mass is 10.2. The topological polar surface area (TPSA) is 76.6 Å². The van der Waals surface area contributed by atoms with Crippen molar-refractivity contribution in [1.29, 1.82) is 0 Å². The van der Waals surface area contributed by atoms with Crippen LogP contribution in [0.3, 0.4) is 0 Å². The summed E-state index contributed by atoms with van der Waals surface area (Å²) in [5.41, 5.74) is 1.91. The maximum absolute atomic E-state index is 12.5. The monoisotopic (exact) mass is 376 g/mol. The van der Waals surface area contributed by atoms with E-state index < -0.39 is 0 Å². The number of rotatable bonds is 4. The highest BCUT2D eigenvalue weighted by Crippen LogP contribution is 2.21. The number of pyridine rings is 2. The van der Waals surface area contributed by atoms with Crippen LogP contribution in [0.4, 0.5) is 10.6 Å². The first-order valence-corrected chi connectivity index (χ1v) is 8.75. The number of anilines is 1. The fourth-order valence-electron chi connectivity index (χ4n) is 2.76. The number of halogens is 1. The summed E-state index contributed by atoms with van der Waals surface area (Å²) < 4.78 is 11.3. The standard InChI is InChI=1S/C18H21ClN4O3/c1-12-8-13(2)21-16(9-12)22-18(24)23-6-7-25-14(10-23)11-26-15-4-3-5-20-17(15)19/h3-5,8-9,14H,6-7,10-11H2,1-2H3,(H,21,22,24). The molecule has 3 rings (SSSR count). The highest BCUT2D eigenvalue weighted by atomic mass is 35.5. The van der Waals surface area contributed by atoms with Crippen molar-refractivity contribution < 1.29 is 14.3 Å². The van der Waals surface area contributed by atoms with Gasteiger partial charge in [0.1, 0.15) is 18.5 Å². The Balaban J connectivity index is 1.55. The molecule has 7 nitrogen and oxygen atoms in total. The Bertz CT molecular complexity index is 767. The molecule has 1 aliphatic heterocycles. The second-order valence-corrected chi connectivity index (χ2v) is 6.50. The average Bonchev–Trinajstić information content (AvgIpc) is 2.60. The molecule has 1 atom stereocenters. The minimum Gasteiger partial charge on any atom is -0.488 e. The first-order valence-electron chi connectivity index (χ1n) is 8.37. The van der Waals surface area contributed by atoms with Crippen LogP contribution in [0.15, 0.2) is 30.5 Å². The molecule has 8 heteroatoms. The maximum atomic E-state index is 12.5. The van der Waals surface area contributed by atoms with Gasteiger partial charge in [0, 0.05) is 18.4 Å². The van der Waals surface area contributed by atoms with Gasteiger partial charge in [0.15, 0.2) is 10.9 Å². The summed E-state index contributed by atoms with van der Waals surface area (Å²) in [7, 11) is 0. The number of carbonyl (C=O) groups excluding carboxylic acids is 1. The highest BCUT2D eigenvalue weighted by Gasteiger charge is 2.25. The predicted octanol–water partition coefficient (Wildman–Crippen LogP) is 3.06. The quantitative estimate of drug-likeness (QED) is 0.830. The lowest BCUT2D eigenvalue weighted by Gasteiger charge is -2.32. The first kappa shape index (κ1) is 18.4. The predicted molar refractivity (Wildman–Crippen MR) is 98.8 cm³/mol. The van der Waals surface area contributed by atoms with Crippen LogP contribution in [0.5, 0.6) is 5.75 Å². The summed E-state index contributed by atoms with van der Waals surface area (Å²) in [6.07, 6.45) is 1.36. The van der Waals surface area contributed by atoms with Gasteiger partial charge in [-0.05, 0) is 43.7 Å². The Labute approximate surface area is 157 Å². The van der Waals surface area contributed by atoms with Crippen molar-refractivity contribution in [3.8, 4) is 5.75 Å². The van der Waals surface area contributed by atoms with Crippen LogP contribution >= 0.6 is 11.6 Å². The van der Waals surface area contributed by atoms with Crippen LogP contribution < -0.4 is 10.1 Å². The summed E-state index contributed by atoms with van der Waals surface area (Å²) in [4.78, 5) is 22.5. The Morgan fingerprint density at radius 2 is 2.31 bits per heavy atom. The number of nitrogens with zero attached hydrogens (tertiary/aromatic N) is 3. The van der Waals surface area contributed by atoms with Crippen molar-refractivity contribution in [2.24, 2.45) is 0 Å². The third kappa shape index (κ3) is 4.83. The normalized spacial score (nSPS) is 17.0. The van der Waals surface area contributed by atoms with Gasteiger partial charge in [-0.2, -0.15) is 0 Å². The molecule has 0 bridgehead atoms. The van der Waals surface area contributed by atoms with E-state index in [-0.39, 0.29) is 18.7 Å². The molecule has 1 aliphatic rings. The zero-order chi connectivity index (χ0) is 18.5. The molecule has 0 spiro atoms. The minimum atomic E-state index is -0.238. The van der Waals surface area contributed by atoms with E-state index >= 15 is 0 Å². The average molecular weight is 377 g/mol. The Morgan fingerprint density at radius 1 is 1.46 bits per heavy atom. The van der Waals surface area contributed by atoms with Gasteiger partial charge in [0.25, 0.3) is 0 Å². The molecule has 2 amide bonds. The molecule has 0 aromatic carbocycles. The smallest absolute Gasteiger partial charge is 0.323 e. The molecular formula is C18H21ClN4O3. The van der Waals surface area contributed by atoms with Crippen LogP contribution in [0.25, 0.3) is 0 Å². The van der Waals surface area contributed by atoms with Crippen LogP contribution in [-0.4, -0.2) is 53.3 Å². The van der Waals surface area contributed by atoms with E-state index in [0.717, 1.165) is 11.3 Å². The van der Waals surface area contributed by atoms with E-state index in [1.165, 1.54) is 0 Å². The van der Waals surface area contributed by atoms with E-state index in [9.17, 15) is 4.79 Å². The lowest BCUT2D eigenvalue weighted by molar-refractivity contribution is -0.0337. The minimum absolute atomic E-state index is 0.199. The van der Waals surface area contributed by atoms with Gasteiger partial charge in [-0.25, -0.2) is 14.8 Å². The molecule has 2 aromatic rings. The van der Waals surface area contributed by atoms with E-state index in [4.69, 9.17) is 21.1 Å². The van der Waals surface area contributed by atoms with Crippen LogP contribution in [0.1, 0.15) is 11.3 Å². The molecule has 1 N–H and O–H groups in total. The van der Waals surface area contributed by atoms with Crippen molar-refractivity contribution in [3.63, 3.8) is 0 Å². The summed E-state index contributed by atoms with van der Waals surface area (Å²) in [6.45, 7) is 5.54. The number of nitrogens with one attached hydrogen (secondary N) is 1. The molecular weight excluding hydrogens is 356 g/mol. The third-order valence-electron chi connectivity index (χ3n) is 3.91. The highest BCUT2D eigenvalue weighted by molar-refractivity contribution is 6.30. The summed E-state index contributed by atoms with van der Waals surface area (Å²) >= 11 is 5.98. The fourth-order valence-corrected chi connectivity index (χ4v) is 2.93. The number of aromatic nitrogens is 2. The van der Waals surface area contributed by atoms with Gasteiger partial charge in [-0.1, -0.05) is 11.6 Å². The summed E-state index contributed by atoms with van der Waals surface area (Å²) in [5.74, 6) is 1.05. The first-order chi connectivity index (χ1) is 12.5.